The second kappa shape index (κ2) is 11.5. The fraction of sp³-hybridized carbons (Fsp3) is 0.857. The molecule has 2 amide bonds. The lowest BCUT2D eigenvalue weighted by Crippen LogP contribution is -2.54. The number of carbonyl (C=O) groups is 2. The van der Waals surface area contributed by atoms with Crippen LogP contribution in [0.25, 0.3) is 0 Å². The fourth-order valence-electron chi connectivity index (χ4n) is 2.19. The minimum Gasteiger partial charge on any atom is -0.376 e. The molecule has 7 nitrogen and oxygen atoms in total. The van der Waals surface area contributed by atoms with Gasteiger partial charge in [-0.3, -0.25) is 14.9 Å². The summed E-state index contributed by atoms with van der Waals surface area (Å²) in [5, 5.41) is 21.4. The number of carbonyl (C=O) groups excluding carboxylic acids is 2. The summed E-state index contributed by atoms with van der Waals surface area (Å²) in [4.78, 5) is 22.4. The van der Waals surface area contributed by atoms with Crippen LogP contribution in [-0.2, 0) is 9.59 Å². The van der Waals surface area contributed by atoms with Gasteiger partial charge in [-0.1, -0.05) is 13.3 Å². The SMILES string of the molecule is CCNC(=O)[C@@H](C)NC(O)[C@H](CC(CC)CNC)NC=O. The third kappa shape index (κ3) is 7.99. The first kappa shape index (κ1) is 19.8. The molecule has 4 atom stereocenters. The molecule has 0 aromatic rings. The van der Waals surface area contributed by atoms with E-state index in [0.717, 1.165) is 13.0 Å². The minimum atomic E-state index is -0.973. The van der Waals surface area contributed by atoms with E-state index in [4.69, 9.17) is 0 Å². The summed E-state index contributed by atoms with van der Waals surface area (Å²) in [5.74, 6) is 0.160. The number of aliphatic hydroxyl groups excluding tert-OH is 1. The van der Waals surface area contributed by atoms with Gasteiger partial charge in [0.2, 0.25) is 12.3 Å². The normalized spacial score (nSPS) is 16.6. The van der Waals surface area contributed by atoms with E-state index in [2.05, 4.69) is 28.2 Å². The zero-order chi connectivity index (χ0) is 16.3. The zero-order valence-corrected chi connectivity index (χ0v) is 13.5. The maximum atomic E-state index is 11.7. The number of hydrogen-bond donors (Lipinski definition) is 5. The van der Waals surface area contributed by atoms with Crippen molar-refractivity contribution in [1.29, 1.82) is 0 Å². The Kier molecular flexibility index (Phi) is 10.8. The Balaban J connectivity index is 4.55. The van der Waals surface area contributed by atoms with Crippen LogP contribution < -0.4 is 21.3 Å². The Hall–Kier alpha value is -1.18. The molecular formula is C14H30N4O3. The van der Waals surface area contributed by atoms with Crippen LogP contribution in [0.5, 0.6) is 0 Å². The molecule has 0 aliphatic rings. The van der Waals surface area contributed by atoms with E-state index in [-0.39, 0.29) is 5.91 Å². The summed E-state index contributed by atoms with van der Waals surface area (Å²) < 4.78 is 0. The van der Waals surface area contributed by atoms with E-state index >= 15 is 0 Å². The standard InChI is InChI=1S/C14H30N4O3/c1-5-11(8-15-4)7-12(17-9-19)14(21)18-10(3)13(20)16-6-2/h9-12,14-15,18,21H,5-8H2,1-4H3,(H,16,20)(H,17,19)/t10-,11?,12+,14?/m1/s1. The molecular weight excluding hydrogens is 272 g/mol. The van der Waals surface area contributed by atoms with Crippen molar-refractivity contribution in [2.75, 3.05) is 20.1 Å². The van der Waals surface area contributed by atoms with E-state index in [1.807, 2.05) is 14.0 Å². The maximum Gasteiger partial charge on any atom is 0.236 e. The third-order valence-corrected chi connectivity index (χ3v) is 3.49. The third-order valence-electron chi connectivity index (χ3n) is 3.49. The second-order valence-corrected chi connectivity index (χ2v) is 5.19. The number of aliphatic hydroxyl groups is 1. The Morgan fingerprint density at radius 3 is 2.48 bits per heavy atom. The first-order valence-electron chi connectivity index (χ1n) is 7.56. The highest BCUT2D eigenvalue weighted by Crippen LogP contribution is 2.12. The summed E-state index contributed by atoms with van der Waals surface area (Å²) in [5.41, 5.74) is 0. The largest absolute Gasteiger partial charge is 0.376 e. The molecule has 0 rings (SSSR count). The average molecular weight is 302 g/mol. The van der Waals surface area contributed by atoms with Gasteiger partial charge in [-0.2, -0.15) is 0 Å². The average Bonchev–Trinajstić information content (AvgIpc) is 2.45. The van der Waals surface area contributed by atoms with Crippen molar-refractivity contribution in [3.8, 4) is 0 Å². The van der Waals surface area contributed by atoms with Crippen LogP contribution in [-0.4, -0.2) is 55.9 Å². The summed E-state index contributed by atoms with van der Waals surface area (Å²) in [6, 6.07) is -0.960. The molecule has 21 heavy (non-hydrogen) atoms. The van der Waals surface area contributed by atoms with Crippen LogP contribution in [0.1, 0.15) is 33.6 Å². The van der Waals surface area contributed by atoms with Crippen molar-refractivity contribution in [2.45, 2.75) is 51.9 Å². The first-order valence-corrected chi connectivity index (χ1v) is 7.56. The highest BCUT2D eigenvalue weighted by atomic mass is 16.3. The Morgan fingerprint density at radius 2 is 2.00 bits per heavy atom. The topological polar surface area (TPSA) is 102 Å². The summed E-state index contributed by atoms with van der Waals surface area (Å²) in [6.07, 6.45) is 1.18. The van der Waals surface area contributed by atoms with Gasteiger partial charge in [0, 0.05) is 6.54 Å². The Morgan fingerprint density at radius 1 is 1.33 bits per heavy atom. The molecule has 0 bridgehead atoms. The number of nitrogens with one attached hydrogen (secondary N) is 4. The van der Waals surface area contributed by atoms with Gasteiger partial charge in [-0.15, -0.1) is 0 Å². The van der Waals surface area contributed by atoms with E-state index in [9.17, 15) is 14.7 Å². The van der Waals surface area contributed by atoms with E-state index in [1.54, 1.807) is 6.92 Å². The van der Waals surface area contributed by atoms with Crippen molar-refractivity contribution >= 4 is 12.3 Å². The smallest absolute Gasteiger partial charge is 0.236 e. The van der Waals surface area contributed by atoms with Crippen LogP contribution in [0.15, 0.2) is 0 Å². The summed E-state index contributed by atoms with van der Waals surface area (Å²) in [7, 11) is 1.87. The van der Waals surface area contributed by atoms with Crippen LogP contribution >= 0.6 is 0 Å². The van der Waals surface area contributed by atoms with Gasteiger partial charge in [-0.05, 0) is 39.8 Å². The molecule has 0 radical (unpaired) electrons. The molecule has 0 heterocycles. The van der Waals surface area contributed by atoms with Crippen molar-refractivity contribution in [1.82, 2.24) is 21.3 Å². The molecule has 7 heteroatoms. The molecule has 0 aromatic carbocycles. The molecule has 0 spiro atoms. The van der Waals surface area contributed by atoms with Gasteiger partial charge < -0.3 is 21.1 Å². The van der Waals surface area contributed by atoms with Gasteiger partial charge in [0.25, 0.3) is 0 Å². The fourth-order valence-corrected chi connectivity index (χ4v) is 2.19. The van der Waals surface area contributed by atoms with Crippen LogP contribution in [0, 0.1) is 5.92 Å². The second-order valence-electron chi connectivity index (χ2n) is 5.19. The first-order chi connectivity index (χ1) is 9.99. The van der Waals surface area contributed by atoms with Gasteiger partial charge in [0.1, 0.15) is 6.23 Å². The molecule has 0 aromatic heterocycles. The lowest BCUT2D eigenvalue weighted by Gasteiger charge is -2.28. The molecule has 0 fully saturated rings. The summed E-state index contributed by atoms with van der Waals surface area (Å²) in [6.45, 7) is 6.93. The zero-order valence-electron chi connectivity index (χ0n) is 13.5. The monoisotopic (exact) mass is 302 g/mol. The Bertz CT molecular complexity index is 302. The lowest BCUT2D eigenvalue weighted by molar-refractivity contribution is -0.123. The lowest BCUT2D eigenvalue weighted by atomic mass is 9.96. The Labute approximate surface area is 127 Å². The maximum absolute atomic E-state index is 11.7. The van der Waals surface area contributed by atoms with Gasteiger partial charge >= 0.3 is 0 Å². The molecule has 0 saturated heterocycles. The van der Waals surface area contributed by atoms with E-state index in [0.29, 0.717) is 25.3 Å². The van der Waals surface area contributed by atoms with Crippen LogP contribution in [0.4, 0.5) is 0 Å². The van der Waals surface area contributed by atoms with Crippen molar-refractivity contribution in [3.63, 3.8) is 0 Å². The number of amides is 2. The molecule has 124 valence electrons. The van der Waals surface area contributed by atoms with Gasteiger partial charge in [0.05, 0.1) is 12.1 Å². The van der Waals surface area contributed by atoms with Crippen molar-refractivity contribution in [3.05, 3.63) is 0 Å². The van der Waals surface area contributed by atoms with Gasteiger partial charge in [-0.25, -0.2) is 0 Å². The number of likely N-dealkylation sites (N-methyl/N-ethyl adjacent to an activating group) is 1. The minimum absolute atomic E-state index is 0.177. The van der Waals surface area contributed by atoms with E-state index < -0.39 is 18.3 Å². The number of rotatable bonds is 12. The highest BCUT2D eigenvalue weighted by Gasteiger charge is 2.25. The predicted octanol–water partition coefficient (Wildman–Crippen LogP) is -0.831. The quantitative estimate of drug-likeness (QED) is 0.239. The molecule has 0 saturated carbocycles. The van der Waals surface area contributed by atoms with Crippen LogP contribution in [0.3, 0.4) is 0 Å². The van der Waals surface area contributed by atoms with E-state index in [1.165, 1.54) is 0 Å². The number of hydrogen-bond acceptors (Lipinski definition) is 5. The molecule has 0 aliphatic heterocycles. The summed E-state index contributed by atoms with van der Waals surface area (Å²) >= 11 is 0. The van der Waals surface area contributed by atoms with Gasteiger partial charge in [0.15, 0.2) is 0 Å². The van der Waals surface area contributed by atoms with Crippen molar-refractivity contribution < 1.29 is 14.7 Å². The molecule has 5 N–H and O–H groups in total. The highest BCUT2D eigenvalue weighted by molar-refractivity contribution is 5.81. The molecule has 0 aliphatic carbocycles. The van der Waals surface area contributed by atoms with Crippen LogP contribution in [0.2, 0.25) is 0 Å². The molecule has 2 unspecified atom stereocenters. The van der Waals surface area contributed by atoms with Crippen molar-refractivity contribution in [2.24, 2.45) is 5.92 Å². The predicted molar refractivity (Wildman–Crippen MR) is 82.6 cm³/mol.